The lowest BCUT2D eigenvalue weighted by molar-refractivity contribution is 0.0724. The van der Waals surface area contributed by atoms with Crippen LogP contribution < -0.4 is 0 Å². The molecule has 6 heteroatoms. The van der Waals surface area contributed by atoms with Crippen LogP contribution in [-0.4, -0.2) is 32.3 Å². The third kappa shape index (κ3) is 2.65. The van der Waals surface area contributed by atoms with Gasteiger partial charge in [0.15, 0.2) is 0 Å². The van der Waals surface area contributed by atoms with E-state index in [1.807, 2.05) is 24.1 Å². The zero-order valence-corrected chi connectivity index (χ0v) is 13.3. The maximum absolute atomic E-state index is 12.7. The van der Waals surface area contributed by atoms with E-state index in [1.165, 1.54) is 0 Å². The van der Waals surface area contributed by atoms with Gasteiger partial charge >= 0.3 is 0 Å². The van der Waals surface area contributed by atoms with Crippen molar-refractivity contribution in [3.05, 3.63) is 35.5 Å². The Morgan fingerprint density at radius 2 is 2.32 bits per heavy atom. The van der Waals surface area contributed by atoms with Gasteiger partial charge in [-0.2, -0.15) is 5.10 Å². The van der Waals surface area contributed by atoms with Crippen molar-refractivity contribution in [3.8, 4) is 0 Å². The number of carbonyl (C=O) groups is 1. The molecule has 118 valence electrons. The average molecular weight is 302 g/mol. The minimum absolute atomic E-state index is 0.00414. The smallest absolute Gasteiger partial charge is 0.274 e. The van der Waals surface area contributed by atoms with Gasteiger partial charge in [-0.05, 0) is 25.8 Å². The Morgan fingerprint density at radius 1 is 1.50 bits per heavy atom. The van der Waals surface area contributed by atoms with E-state index in [-0.39, 0.29) is 11.9 Å². The molecule has 2 aromatic heterocycles. The highest BCUT2D eigenvalue weighted by Crippen LogP contribution is 2.33. The van der Waals surface area contributed by atoms with Crippen LogP contribution in [0.4, 0.5) is 0 Å². The molecule has 3 heterocycles. The van der Waals surface area contributed by atoms with Gasteiger partial charge in [0, 0.05) is 31.3 Å². The standard InChI is InChI=1S/C16H22N4O2/c1-4-19-9-7-12(17-19)16(21)20-8-5-6-14(20)13-10-15(11(2)3)22-18-13/h7,9-11,14H,4-6,8H2,1-3H3. The third-order valence-electron chi connectivity index (χ3n) is 4.15. The van der Waals surface area contributed by atoms with E-state index in [0.717, 1.165) is 37.4 Å². The van der Waals surface area contributed by atoms with E-state index in [1.54, 1.807) is 10.7 Å². The number of carbonyl (C=O) groups excluding carboxylic acids is 1. The van der Waals surface area contributed by atoms with Crippen molar-refractivity contribution >= 4 is 5.91 Å². The predicted octanol–water partition coefficient (Wildman–Crippen LogP) is 2.99. The molecule has 1 amide bonds. The van der Waals surface area contributed by atoms with Crippen molar-refractivity contribution in [2.45, 2.75) is 52.1 Å². The molecule has 3 rings (SSSR count). The molecule has 0 N–H and O–H groups in total. The summed E-state index contributed by atoms with van der Waals surface area (Å²) in [6, 6.07) is 3.75. The zero-order valence-electron chi connectivity index (χ0n) is 13.3. The molecule has 0 spiro atoms. The van der Waals surface area contributed by atoms with E-state index in [2.05, 4.69) is 24.1 Å². The molecule has 1 atom stereocenters. The zero-order chi connectivity index (χ0) is 15.7. The number of aryl methyl sites for hydroxylation is 1. The van der Waals surface area contributed by atoms with Crippen LogP contribution in [0.3, 0.4) is 0 Å². The Hall–Kier alpha value is -2.11. The van der Waals surface area contributed by atoms with Gasteiger partial charge in [0.25, 0.3) is 5.91 Å². The van der Waals surface area contributed by atoms with E-state index in [0.29, 0.717) is 11.6 Å². The molecular weight excluding hydrogens is 280 g/mol. The fraction of sp³-hybridized carbons (Fsp3) is 0.562. The molecule has 1 fully saturated rings. The third-order valence-corrected chi connectivity index (χ3v) is 4.15. The van der Waals surface area contributed by atoms with Crippen LogP contribution >= 0.6 is 0 Å². The van der Waals surface area contributed by atoms with Gasteiger partial charge < -0.3 is 9.42 Å². The first-order valence-corrected chi connectivity index (χ1v) is 7.91. The highest BCUT2D eigenvalue weighted by molar-refractivity contribution is 5.92. The van der Waals surface area contributed by atoms with Crippen LogP contribution in [0.15, 0.2) is 22.9 Å². The molecular formula is C16H22N4O2. The van der Waals surface area contributed by atoms with Crippen LogP contribution in [0.2, 0.25) is 0 Å². The summed E-state index contributed by atoms with van der Waals surface area (Å²) >= 11 is 0. The number of amides is 1. The summed E-state index contributed by atoms with van der Waals surface area (Å²) in [5.74, 6) is 1.14. The largest absolute Gasteiger partial charge is 0.361 e. The Balaban J connectivity index is 1.81. The number of nitrogens with zero attached hydrogens (tertiary/aromatic N) is 4. The molecule has 1 saturated heterocycles. The Morgan fingerprint density at radius 3 is 2.95 bits per heavy atom. The number of hydrogen-bond donors (Lipinski definition) is 0. The first kappa shape index (κ1) is 14.8. The molecule has 1 unspecified atom stereocenters. The number of aromatic nitrogens is 3. The molecule has 0 saturated carbocycles. The predicted molar refractivity (Wildman–Crippen MR) is 81.5 cm³/mol. The molecule has 22 heavy (non-hydrogen) atoms. The highest BCUT2D eigenvalue weighted by atomic mass is 16.5. The van der Waals surface area contributed by atoms with Crippen LogP contribution in [0.25, 0.3) is 0 Å². The van der Waals surface area contributed by atoms with E-state index >= 15 is 0 Å². The topological polar surface area (TPSA) is 64.2 Å². The summed E-state index contributed by atoms with van der Waals surface area (Å²) in [6.07, 6.45) is 3.74. The van der Waals surface area contributed by atoms with Crippen molar-refractivity contribution < 1.29 is 9.32 Å². The monoisotopic (exact) mass is 302 g/mol. The Kier molecular flexibility index (Phi) is 4.00. The Bertz CT molecular complexity index is 659. The van der Waals surface area contributed by atoms with Crippen molar-refractivity contribution in [2.75, 3.05) is 6.54 Å². The van der Waals surface area contributed by atoms with Gasteiger partial charge in [0.05, 0.1) is 6.04 Å². The van der Waals surface area contributed by atoms with Gasteiger partial charge in [0.1, 0.15) is 17.1 Å². The van der Waals surface area contributed by atoms with Gasteiger partial charge in [-0.3, -0.25) is 9.48 Å². The molecule has 6 nitrogen and oxygen atoms in total. The lowest BCUT2D eigenvalue weighted by Crippen LogP contribution is -2.31. The summed E-state index contributed by atoms with van der Waals surface area (Å²) in [5, 5.41) is 8.49. The Labute approximate surface area is 130 Å². The minimum Gasteiger partial charge on any atom is -0.361 e. The summed E-state index contributed by atoms with van der Waals surface area (Å²) < 4.78 is 7.16. The summed E-state index contributed by atoms with van der Waals surface area (Å²) in [7, 11) is 0. The quantitative estimate of drug-likeness (QED) is 0.871. The SMILES string of the molecule is CCn1ccc(C(=O)N2CCCC2c2cc(C(C)C)on2)n1. The highest BCUT2D eigenvalue weighted by Gasteiger charge is 2.33. The number of rotatable bonds is 4. The van der Waals surface area contributed by atoms with Crippen molar-refractivity contribution in [3.63, 3.8) is 0 Å². The summed E-state index contributed by atoms with van der Waals surface area (Å²) in [4.78, 5) is 14.6. The van der Waals surface area contributed by atoms with Gasteiger partial charge in [-0.1, -0.05) is 19.0 Å². The molecule has 0 bridgehead atoms. The van der Waals surface area contributed by atoms with Crippen LogP contribution in [-0.2, 0) is 6.54 Å². The molecule has 0 aromatic carbocycles. The second-order valence-electron chi connectivity index (χ2n) is 6.02. The fourth-order valence-electron chi connectivity index (χ4n) is 2.85. The number of likely N-dealkylation sites (tertiary alicyclic amines) is 1. The molecule has 2 aromatic rings. The van der Waals surface area contributed by atoms with Crippen LogP contribution in [0.5, 0.6) is 0 Å². The first-order chi connectivity index (χ1) is 10.6. The lowest BCUT2D eigenvalue weighted by atomic mass is 10.1. The molecule has 1 aliphatic rings. The molecule has 0 aliphatic carbocycles. The molecule has 1 aliphatic heterocycles. The summed E-state index contributed by atoms with van der Waals surface area (Å²) in [6.45, 7) is 7.64. The van der Waals surface area contributed by atoms with E-state index < -0.39 is 0 Å². The normalized spacial score (nSPS) is 18.4. The van der Waals surface area contributed by atoms with Crippen LogP contribution in [0, 0.1) is 0 Å². The molecule has 0 radical (unpaired) electrons. The van der Waals surface area contributed by atoms with Gasteiger partial charge in [-0.15, -0.1) is 0 Å². The summed E-state index contributed by atoms with van der Waals surface area (Å²) in [5.41, 5.74) is 1.35. The second kappa shape index (κ2) is 5.94. The number of hydrogen-bond acceptors (Lipinski definition) is 4. The lowest BCUT2D eigenvalue weighted by Gasteiger charge is -2.21. The average Bonchev–Trinajstić information content (AvgIpc) is 3.24. The van der Waals surface area contributed by atoms with Crippen LogP contribution in [0.1, 0.15) is 67.5 Å². The minimum atomic E-state index is -0.0243. The maximum Gasteiger partial charge on any atom is 0.274 e. The fourth-order valence-corrected chi connectivity index (χ4v) is 2.85. The van der Waals surface area contributed by atoms with Crippen molar-refractivity contribution in [1.82, 2.24) is 19.8 Å². The van der Waals surface area contributed by atoms with Crippen molar-refractivity contribution in [2.24, 2.45) is 0 Å². The van der Waals surface area contributed by atoms with Crippen molar-refractivity contribution in [1.29, 1.82) is 0 Å². The second-order valence-corrected chi connectivity index (χ2v) is 6.02. The van der Waals surface area contributed by atoms with Gasteiger partial charge in [-0.25, -0.2) is 0 Å². The first-order valence-electron chi connectivity index (χ1n) is 7.91. The van der Waals surface area contributed by atoms with E-state index in [4.69, 9.17) is 4.52 Å². The maximum atomic E-state index is 12.7. The van der Waals surface area contributed by atoms with E-state index in [9.17, 15) is 4.79 Å². The van der Waals surface area contributed by atoms with Gasteiger partial charge in [0.2, 0.25) is 0 Å².